The van der Waals surface area contributed by atoms with Crippen LogP contribution >= 0.6 is 11.6 Å². The molecular formula is C22H24ClN3O4. The van der Waals surface area contributed by atoms with Crippen LogP contribution in [0.15, 0.2) is 18.6 Å². The molecule has 30 heavy (non-hydrogen) atoms. The van der Waals surface area contributed by atoms with E-state index in [-0.39, 0.29) is 12.4 Å². The molecule has 1 aromatic carbocycles. The molecule has 0 bridgehead atoms. The minimum atomic E-state index is -0.551. The van der Waals surface area contributed by atoms with Gasteiger partial charge in [0.1, 0.15) is 29.1 Å². The fourth-order valence-corrected chi connectivity index (χ4v) is 4.48. The number of Topliss-reactive ketones (excluding diaryl/α,β-unsaturated/α-hetero) is 1. The number of ether oxygens (including phenoxy) is 2. The maximum atomic E-state index is 13.0. The highest BCUT2D eigenvalue weighted by Gasteiger charge is 2.44. The predicted octanol–water partition coefficient (Wildman–Crippen LogP) is 3.93. The van der Waals surface area contributed by atoms with Crippen LogP contribution in [0.2, 0.25) is 5.02 Å². The van der Waals surface area contributed by atoms with Crippen LogP contribution in [0.1, 0.15) is 58.0 Å². The molecule has 7 nitrogen and oxygen atoms in total. The number of carbonyl (C=O) groups is 2. The number of anilines is 1. The number of fused-ring (bicyclic) bond motifs is 1. The topological polar surface area (TPSA) is 81.6 Å². The first kappa shape index (κ1) is 20.6. The lowest BCUT2D eigenvalue weighted by molar-refractivity contribution is 0.0229. The molecule has 2 aliphatic heterocycles. The average Bonchev–Trinajstić information content (AvgIpc) is 2.72. The maximum absolute atomic E-state index is 13.0. The molecule has 2 aliphatic rings. The van der Waals surface area contributed by atoms with Crippen LogP contribution in [0.5, 0.6) is 5.75 Å². The molecule has 1 fully saturated rings. The van der Waals surface area contributed by atoms with E-state index >= 15 is 0 Å². The second kappa shape index (κ2) is 7.87. The van der Waals surface area contributed by atoms with Gasteiger partial charge in [0, 0.05) is 37.2 Å². The average molecular weight is 430 g/mol. The Kier molecular flexibility index (Phi) is 5.40. The van der Waals surface area contributed by atoms with E-state index in [1.165, 1.54) is 12.5 Å². The number of piperidine rings is 1. The molecule has 1 aromatic heterocycles. The molecule has 158 valence electrons. The van der Waals surface area contributed by atoms with Crippen LogP contribution in [-0.2, 0) is 4.74 Å². The Labute approximate surface area is 180 Å². The molecule has 3 heterocycles. The highest BCUT2D eigenvalue weighted by molar-refractivity contribution is 6.32. The van der Waals surface area contributed by atoms with Crippen molar-refractivity contribution < 1.29 is 19.1 Å². The Bertz CT molecular complexity index is 1020. The molecule has 0 amide bonds. The van der Waals surface area contributed by atoms with Crippen molar-refractivity contribution in [1.29, 1.82) is 0 Å². The van der Waals surface area contributed by atoms with Crippen molar-refractivity contribution >= 4 is 29.2 Å². The number of hydrogen-bond acceptors (Lipinski definition) is 7. The third-order valence-electron chi connectivity index (χ3n) is 5.89. The van der Waals surface area contributed by atoms with Gasteiger partial charge in [-0.2, -0.15) is 0 Å². The highest BCUT2D eigenvalue weighted by atomic mass is 35.5. The molecule has 1 saturated heterocycles. The summed E-state index contributed by atoms with van der Waals surface area (Å²) >= 11 is 6.34. The monoisotopic (exact) mass is 429 g/mol. The largest absolute Gasteiger partial charge is 0.486 e. The summed E-state index contributed by atoms with van der Waals surface area (Å²) in [5.41, 5.74) is 2.07. The molecule has 1 spiro atoms. The fourth-order valence-electron chi connectivity index (χ4n) is 4.33. The van der Waals surface area contributed by atoms with Gasteiger partial charge in [-0.3, -0.25) is 4.79 Å². The van der Waals surface area contributed by atoms with E-state index in [4.69, 9.17) is 21.1 Å². The van der Waals surface area contributed by atoms with Gasteiger partial charge in [0.25, 0.3) is 0 Å². The Hall–Kier alpha value is -2.67. The van der Waals surface area contributed by atoms with Crippen molar-refractivity contribution in [1.82, 2.24) is 9.97 Å². The van der Waals surface area contributed by atoms with Gasteiger partial charge in [-0.1, -0.05) is 11.6 Å². The van der Waals surface area contributed by atoms with Gasteiger partial charge >= 0.3 is 5.97 Å². The molecule has 4 rings (SSSR count). The first-order valence-corrected chi connectivity index (χ1v) is 10.5. The van der Waals surface area contributed by atoms with Crippen molar-refractivity contribution in [2.45, 2.75) is 45.6 Å². The number of halogens is 1. The number of rotatable bonds is 3. The minimum absolute atomic E-state index is 0.0679. The SMILES string of the molecule is CCOC(=O)c1cncnc1N1CCC2(CC1)CC(=O)c1c(cc(C)c(Cl)c1C)O2. The van der Waals surface area contributed by atoms with Gasteiger partial charge in [-0.15, -0.1) is 0 Å². The number of hydrogen-bond donors (Lipinski definition) is 0. The van der Waals surface area contributed by atoms with Crippen LogP contribution in [0.3, 0.4) is 0 Å². The number of aromatic nitrogens is 2. The summed E-state index contributed by atoms with van der Waals surface area (Å²) in [6, 6.07) is 1.86. The summed E-state index contributed by atoms with van der Waals surface area (Å²) in [6.07, 6.45) is 4.52. The molecule has 0 unspecified atom stereocenters. The summed E-state index contributed by atoms with van der Waals surface area (Å²) in [7, 11) is 0. The number of nitrogens with zero attached hydrogens (tertiary/aromatic N) is 3. The number of benzene rings is 1. The smallest absolute Gasteiger partial charge is 0.343 e. The maximum Gasteiger partial charge on any atom is 0.343 e. The van der Waals surface area contributed by atoms with Gasteiger partial charge in [-0.25, -0.2) is 14.8 Å². The van der Waals surface area contributed by atoms with Crippen molar-refractivity contribution in [2.75, 3.05) is 24.6 Å². The summed E-state index contributed by atoms with van der Waals surface area (Å²) in [5.74, 6) is 0.806. The first-order chi connectivity index (χ1) is 14.3. The van der Waals surface area contributed by atoms with Crippen LogP contribution in [0.4, 0.5) is 5.82 Å². The van der Waals surface area contributed by atoms with E-state index in [2.05, 4.69) is 9.97 Å². The van der Waals surface area contributed by atoms with Gasteiger partial charge in [0.15, 0.2) is 5.78 Å². The van der Waals surface area contributed by atoms with E-state index in [9.17, 15) is 9.59 Å². The third-order valence-corrected chi connectivity index (χ3v) is 6.47. The van der Waals surface area contributed by atoms with E-state index < -0.39 is 11.6 Å². The minimum Gasteiger partial charge on any atom is -0.486 e. The normalized spacial score (nSPS) is 17.5. The van der Waals surface area contributed by atoms with E-state index in [0.717, 1.165) is 11.1 Å². The predicted molar refractivity (Wildman–Crippen MR) is 113 cm³/mol. The van der Waals surface area contributed by atoms with Crippen LogP contribution in [0, 0.1) is 13.8 Å². The third kappa shape index (κ3) is 3.51. The van der Waals surface area contributed by atoms with Crippen molar-refractivity contribution in [3.05, 3.63) is 45.9 Å². The summed E-state index contributed by atoms with van der Waals surface area (Å²) in [5, 5.41) is 0.617. The van der Waals surface area contributed by atoms with Crippen LogP contribution < -0.4 is 9.64 Å². The van der Waals surface area contributed by atoms with E-state index in [0.29, 0.717) is 60.1 Å². The molecule has 0 radical (unpaired) electrons. The van der Waals surface area contributed by atoms with Gasteiger partial charge in [0.2, 0.25) is 0 Å². The Morgan fingerprint density at radius 1 is 1.33 bits per heavy atom. The number of esters is 1. The van der Waals surface area contributed by atoms with Crippen LogP contribution in [0.25, 0.3) is 0 Å². The van der Waals surface area contributed by atoms with Gasteiger partial charge in [-0.05, 0) is 38.0 Å². The van der Waals surface area contributed by atoms with Crippen molar-refractivity contribution in [3.63, 3.8) is 0 Å². The quantitative estimate of drug-likeness (QED) is 0.683. The van der Waals surface area contributed by atoms with Gasteiger partial charge in [0.05, 0.1) is 18.6 Å². The summed E-state index contributed by atoms with van der Waals surface area (Å²) in [6.45, 7) is 7.04. The standard InChI is InChI=1S/C22H24ClN3O4/c1-4-29-21(28)15-11-24-12-25-20(15)26-7-5-22(6-8-26)10-16(27)18-14(3)19(23)13(2)9-17(18)30-22/h9,11-12H,4-8,10H2,1-3H3. The zero-order chi connectivity index (χ0) is 21.5. The number of aryl methyl sites for hydroxylation is 1. The highest BCUT2D eigenvalue weighted by Crippen LogP contribution is 2.43. The zero-order valence-electron chi connectivity index (χ0n) is 17.3. The van der Waals surface area contributed by atoms with E-state index in [1.54, 1.807) is 6.92 Å². The Balaban J connectivity index is 1.56. The second-order valence-corrected chi connectivity index (χ2v) is 8.24. The summed E-state index contributed by atoms with van der Waals surface area (Å²) < 4.78 is 11.5. The van der Waals surface area contributed by atoms with Crippen molar-refractivity contribution in [2.24, 2.45) is 0 Å². The van der Waals surface area contributed by atoms with Crippen LogP contribution in [-0.4, -0.2) is 47.0 Å². The van der Waals surface area contributed by atoms with Gasteiger partial charge < -0.3 is 14.4 Å². The number of carbonyl (C=O) groups excluding carboxylic acids is 2. The molecular weight excluding hydrogens is 406 g/mol. The lowest BCUT2D eigenvalue weighted by atomic mass is 9.81. The molecule has 8 heteroatoms. The zero-order valence-corrected chi connectivity index (χ0v) is 18.1. The first-order valence-electron chi connectivity index (χ1n) is 10.1. The molecule has 2 aromatic rings. The van der Waals surface area contributed by atoms with Crippen molar-refractivity contribution in [3.8, 4) is 5.75 Å². The lowest BCUT2D eigenvalue weighted by Gasteiger charge is -2.44. The Morgan fingerprint density at radius 2 is 2.07 bits per heavy atom. The van der Waals surface area contributed by atoms with E-state index in [1.807, 2.05) is 24.8 Å². The lowest BCUT2D eigenvalue weighted by Crippen LogP contribution is -2.51. The second-order valence-electron chi connectivity index (χ2n) is 7.86. The molecule has 0 N–H and O–H groups in total. The summed E-state index contributed by atoms with van der Waals surface area (Å²) in [4.78, 5) is 35.6. The molecule has 0 aliphatic carbocycles. The fraction of sp³-hybridized carbons (Fsp3) is 0.455. The number of ketones is 1. The molecule has 0 saturated carbocycles. The molecule has 0 atom stereocenters. The Morgan fingerprint density at radius 3 is 2.77 bits per heavy atom.